The van der Waals surface area contributed by atoms with Crippen LogP contribution >= 0.6 is 0 Å². The summed E-state index contributed by atoms with van der Waals surface area (Å²) in [6, 6.07) is 0. The van der Waals surface area contributed by atoms with Crippen molar-refractivity contribution in [3.63, 3.8) is 0 Å². The molecule has 0 saturated heterocycles. The van der Waals surface area contributed by atoms with E-state index in [4.69, 9.17) is 19.3 Å². The maximum atomic E-state index is 8.87. The number of rotatable bonds is 13. The Morgan fingerprint density at radius 1 is 0.952 bits per heavy atom. The van der Waals surface area contributed by atoms with Crippen molar-refractivity contribution in [1.29, 1.82) is 0 Å². The summed E-state index contributed by atoms with van der Waals surface area (Å²) in [6.45, 7) is 14.4. The minimum Gasteiger partial charge on any atom is -0.394 e. The van der Waals surface area contributed by atoms with Crippen LogP contribution in [0, 0.1) is 0 Å². The van der Waals surface area contributed by atoms with Gasteiger partial charge in [-0.25, -0.2) is 0 Å². The quantitative estimate of drug-likeness (QED) is 0.565. The largest absolute Gasteiger partial charge is 0.394 e. The Morgan fingerprint density at radius 3 is 2.14 bits per heavy atom. The minimum absolute atomic E-state index is 0.0644. The van der Waals surface area contributed by atoms with Crippen molar-refractivity contribution in [1.82, 2.24) is 0 Å². The van der Waals surface area contributed by atoms with Crippen LogP contribution in [0.5, 0.6) is 0 Å². The Morgan fingerprint density at radius 2 is 1.62 bits per heavy atom. The van der Waals surface area contributed by atoms with Crippen LogP contribution in [-0.2, 0) is 14.2 Å². The number of ether oxygens (including phenoxy) is 3. The predicted molar refractivity (Wildman–Crippen MR) is 86.7 cm³/mol. The van der Waals surface area contributed by atoms with Crippen molar-refractivity contribution in [3.05, 3.63) is 0 Å². The van der Waals surface area contributed by atoms with Crippen molar-refractivity contribution in [2.45, 2.75) is 84.5 Å². The Bertz CT molecular complexity index is 255. The van der Waals surface area contributed by atoms with Gasteiger partial charge in [-0.2, -0.15) is 0 Å². The van der Waals surface area contributed by atoms with E-state index in [9.17, 15) is 0 Å². The van der Waals surface area contributed by atoms with Crippen LogP contribution in [-0.4, -0.2) is 48.8 Å². The second-order valence-corrected chi connectivity index (χ2v) is 6.57. The van der Waals surface area contributed by atoms with Crippen molar-refractivity contribution in [2.24, 2.45) is 0 Å². The lowest BCUT2D eigenvalue weighted by molar-refractivity contribution is -0.0953. The van der Waals surface area contributed by atoms with Gasteiger partial charge in [0.2, 0.25) is 0 Å². The lowest BCUT2D eigenvalue weighted by atomic mass is 9.99. The molecule has 0 spiro atoms. The van der Waals surface area contributed by atoms with Crippen LogP contribution in [0.15, 0.2) is 0 Å². The Kier molecular flexibility index (Phi) is 10.5. The van der Waals surface area contributed by atoms with E-state index in [0.29, 0.717) is 19.3 Å². The Hall–Kier alpha value is -0.160. The molecule has 2 atom stereocenters. The highest BCUT2D eigenvalue weighted by molar-refractivity contribution is 4.75. The highest BCUT2D eigenvalue weighted by Gasteiger charge is 2.25. The monoisotopic (exact) mass is 304 g/mol. The average Bonchev–Trinajstić information content (AvgIpc) is 2.44. The van der Waals surface area contributed by atoms with Crippen molar-refractivity contribution in [3.8, 4) is 0 Å². The zero-order valence-electron chi connectivity index (χ0n) is 14.9. The molecule has 0 amide bonds. The van der Waals surface area contributed by atoms with Crippen LogP contribution in [0.4, 0.5) is 0 Å². The zero-order chi connectivity index (χ0) is 16.4. The van der Waals surface area contributed by atoms with Gasteiger partial charge in [-0.05, 0) is 53.4 Å². The molecule has 0 heterocycles. The fourth-order valence-electron chi connectivity index (χ4n) is 1.88. The van der Waals surface area contributed by atoms with E-state index < -0.39 is 0 Å². The first-order valence-corrected chi connectivity index (χ1v) is 8.29. The third-order valence-electron chi connectivity index (χ3n) is 4.09. The molecule has 0 fully saturated rings. The van der Waals surface area contributed by atoms with Crippen LogP contribution in [0.1, 0.15) is 67.2 Å². The number of hydrogen-bond donors (Lipinski definition) is 1. The summed E-state index contributed by atoms with van der Waals surface area (Å²) < 4.78 is 17.4. The SMILES string of the molecule is CCC(C)OCCC(C)(C)OCCC(C)(CC)OCCO. The first-order chi connectivity index (χ1) is 9.78. The Balaban J connectivity index is 4.00. The number of aliphatic hydroxyl groups excluding tert-OH is 1. The smallest absolute Gasteiger partial charge is 0.0705 e. The van der Waals surface area contributed by atoms with Crippen molar-refractivity contribution >= 4 is 0 Å². The second-order valence-electron chi connectivity index (χ2n) is 6.57. The van der Waals surface area contributed by atoms with Gasteiger partial charge in [-0.15, -0.1) is 0 Å². The van der Waals surface area contributed by atoms with Gasteiger partial charge in [-0.1, -0.05) is 13.8 Å². The van der Waals surface area contributed by atoms with Gasteiger partial charge in [0.25, 0.3) is 0 Å². The van der Waals surface area contributed by atoms with Gasteiger partial charge in [-0.3, -0.25) is 0 Å². The maximum Gasteiger partial charge on any atom is 0.0705 e. The topological polar surface area (TPSA) is 47.9 Å². The third-order valence-corrected chi connectivity index (χ3v) is 4.09. The summed E-state index contributed by atoms with van der Waals surface area (Å²) in [7, 11) is 0. The fourth-order valence-corrected chi connectivity index (χ4v) is 1.88. The minimum atomic E-state index is -0.216. The number of aliphatic hydroxyl groups is 1. The molecule has 4 nitrogen and oxygen atoms in total. The molecule has 0 saturated carbocycles. The molecule has 0 aromatic carbocycles. The lowest BCUT2D eigenvalue weighted by Gasteiger charge is -2.31. The molecule has 0 rings (SSSR count). The molecule has 128 valence electrons. The highest BCUT2D eigenvalue weighted by Crippen LogP contribution is 2.22. The van der Waals surface area contributed by atoms with E-state index in [1.165, 1.54) is 0 Å². The summed E-state index contributed by atoms with van der Waals surface area (Å²) in [5.41, 5.74) is -0.398. The van der Waals surface area contributed by atoms with Gasteiger partial charge in [0.15, 0.2) is 0 Å². The van der Waals surface area contributed by atoms with E-state index in [1.54, 1.807) is 0 Å². The second kappa shape index (κ2) is 10.5. The van der Waals surface area contributed by atoms with Gasteiger partial charge in [0.1, 0.15) is 0 Å². The van der Waals surface area contributed by atoms with E-state index >= 15 is 0 Å². The van der Waals surface area contributed by atoms with E-state index in [2.05, 4.69) is 41.5 Å². The van der Waals surface area contributed by atoms with Crippen LogP contribution < -0.4 is 0 Å². The summed E-state index contributed by atoms with van der Waals surface area (Å²) >= 11 is 0. The van der Waals surface area contributed by atoms with Crippen LogP contribution in [0.2, 0.25) is 0 Å². The zero-order valence-corrected chi connectivity index (χ0v) is 14.9. The summed E-state index contributed by atoms with van der Waals surface area (Å²) in [6.07, 6.45) is 3.99. The molecule has 4 heteroatoms. The molecular formula is C17H36O4. The summed E-state index contributed by atoms with van der Waals surface area (Å²) in [5, 5.41) is 8.87. The van der Waals surface area contributed by atoms with E-state index in [0.717, 1.165) is 32.3 Å². The molecule has 0 aliphatic rings. The molecule has 0 radical (unpaired) electrons. The fraction of sp³-hybridized carbons (Fsp3) is 1.00. The Labute approximate surface area is 131 Å². The molecule has 1 N–H and O–H groups in total. The first-order valence-electron chi connectivity index (χ1n) is 8.29. The van der Waals surface area contributed by atoms with Crippen LogP contribution in [0.3, 0.4) is 0 Å². The molecular weight excluding hydrogens is 268 g/mol. The number of hydrogen-bond acceptors (Lipinski definition) is 4. The van der Waals surface area contributed by atoms with Gasteiger partial charge in [0, 0.05) is 6.61 Å². The lowest BCUT2D eigenvalue weighted by Crippen LogP contribution is -2.34. The normalized spacial score (nSPS) is 16.7. The van der Waals surface area contributed by atoms with Crippen LogP contribution in [0.25, 0.3) is 0 Å². The predicted octanol–water partition coefficient (Wildman–Crippen LogP) is 3.55. The molecule has 0 aromatic heterocycles. The van der Waals surface area contributed by atoms with E-state index in [-0.39, 0.29) is 17.8 Å². The third kappa shape index (κ3) is 10.2. The first kappa shape index (κ1) is 20.8. The molecule has 0 bridgehead atoms. The summed E-state index contributed by atoms with van der Waals surface area (Å²) in [5.74, 6) is 0. The maximum absolute atomic E-state index is 8.87. The average molecular weight is 304 g/mol. The molecule has 2 unspecified atom stereocenters. The van der Waals surface area contributed by atoms with Gasteiger partial charge >= 0.3 is 0 Å². The van der Waals surface area contributed by atoms with Gasteiger partial charge in [0.05, 0.1) is 37.1 Å². The van der Waals surface area contributed by atoms with Gasteiger partial charge < -0.3 is 19.3 Å². The molecule has 0 aliphatic carbocycles. The summed E-state index contributed by atoms with van der Waals surface area (Å²) in [4.78, 5) is 0. The standard InChI is InChI=1S/C17H36O4/c1-7-15(3)19-12-9-16(4,5)20-13-10-17(6,8-2)21-14-11-18/h15,18H,7-14H2,1-6H3. The highest BCUT2D eigenvalue weighted by atomic mass is 16.5. The van der Waals surface area contributed by atoms with E-state index in [1.807, 2.05) is 0 Å². The van der Waals surface area contributed by atoms with Crippen molar-refractivity contribution < 1.29 is 19.3 Å². The molecule has 0 aliphatic heterocycles. The molecule has 0 aromatic rings. The van der Waals surface area contributed by atoms with Crippen molar-refractivity contribution in [2.75, 3.05) is 26.4 Å². The molecule has 21 heavy (non-hydrogen) atoms.